The van der Waals surface area contributed by atoms with Crippen LogP contribution < -0.4 is 24.0 Å². The van der Waals surface area contributed by atoms with E-state index in [1.165, 1.54) is 11.1 Å². The maximum Gasteiger partial charge on any atom is 0.125 e. The lowest BCUT2D eigenvalue weighted by Gasteiger charge is -2.44. The van der Waals surface area contributed by atoms with Gasteiger partial charge >= 0.3 is 0 Å². The lowest BCUT2D eigenvalue weighted by molar-refractivity contribution is -0.930. The van der Waals surface area contributed by atoms with E-state index in [1.807, 2.05) is 0 Å². The van der Waals surface area contributed by atoms with E-state index in [2.05, 4.69) is 88.7 Å². The molecule has 1 nitrogen and oxygen atoms in total. The minimum Gasteiger partial charge on any atom is -1.00 e. The average molecular weight is 381 g/mol. The van der Waals surface area contributed by atoms with Crippen molar-refractivity contribution in [2.24, 2.45) is 0 Å². The minimum absolute atomic E-state index is 0. The van der Waals surface area contributed by atoms with Crippen LogP contribution in [0.3, 0.4) is 0 Å². The zero-order valence-corrected chi connectivity index (χ0v) is 15.0. The summed E-state index contributed by atoms with van der Waals surface area (Å²) in [5, 5.41) is 0. The molecule has 0 heterocycles. The van der Waals surface area contributed by atoms with Crippen molar-refractivity contribution in [3.63, 3.8) is 0 Å². The average Bonchev–Trinajstić information content (AvgIpc) is 2.39. The van der Waals surface area contributed by atoms with E-state index < -0.39 is 0 Å². The number of quaternary nitrogens is 1. The molecule has 0 fully saturated rings. The molecular weight excluding hydrogens is 357 g/mol. The number of nitrogens with zero attached hydrogens (tertiary/aromatic N) is 1. The number of likely N-dealkylation sites (N-methyl/N-ethyl adjacent to an activating group) is 1. The lowest BCUT2D eigenvalue weighted by Crippen LogP contribution is -3.00. The minimum atomic E-state index is 0. The Hall–Kier alpha value is -0.870. The summed E-state index contributed by atoms with van der Waals surface area (Å²) in [5.41, 5.74) is 2.86. The van der Waals surface area contributed by atoms with Gasteiger partial charge in [-0.2, -0.15) is 0 Å². The van der Waals surface area contributed by atoms with Crippen LogP contribution in [0.5, 0.6) is 0 Å². The first-order chi connectivity index (χ1) is 8.93. The SMILES string of the molecule is CC(Cc1ccccc1)(c1ccccc1)[N+](C)(C)C.[I-]. The van der Waals surface area contributed by atoms with Crippen molar-refractivity contribution in [2.45, 2.75) is 18.9 Å². The molecule has 2 heteroatoms. The molecule has 2 aromatic rings. The molecule has 0 N–H and O–H groups in total. The molecule has 0 saturated carbocycles. The molecule has 0 aliphatic heterocycles. The Morgan fingerprint density at radius 3 is 1.70 bits per heavy atom. The quantitative estimate of drug-likeness (QED) is 0.545. The van der Waals surface area contributed by atoms with Crippen molar-refractivity contribution in [1.29, 1.82) is 0 Å². The standard InChI is InChI=1S/C18H24N.HI/c1-18(19(2,3)4,17-13-9-6-10-14-17)15-16-11-7-5-8-12-16;/h5-14H,15H2,1-4H3;1H/q+1;/p-1. The highest BCUT2D eigenvalue weighted by Crippen LogP contribution is 2.34. The Balaban J connectivity index is 0.00000200. The third-order valence-corrected chi connectivity index (χ3v) is 4.27. The summed E-state index contributed by atoms with van der Waals surface area (Å²) in [6, 6.07) is 21.6. The molecule has 1 unspecified atom stereocenters. The highest BCUT2D eigenvalue weighted by molar-refractivity contribution is 5.26. The monoisotopic (exact) mass is 381 g/mol. The predicted octanol–water partition coefficient (Wildman–Crippen LogP) is 0.855. The third kappa shape index (κ3) is 3.61. The van der Waals surface area contributed by atoms with Gasteiger partial charge in [-0.05, 0) is 12.5 Å². The van der Waals surface area contributed by atoms with E-state index in [0.717, 1.165) is 10.9 Å². The van der Waals surface area contributed by atoms with Crippen LogP contribution in [0.2, 0.25) is 0 Å². The third-order valence-electron chi connectivity index (χ3n) is 4.27. The molecule has 0 amide bonds. The first-order valence-electron chi connectivity index (χ1n) is 6.84. The fourth-order valence-corrected chi connectivity index (χ4v) is 2.52. The molecule has 2 rings (SSSR count). The number of halogens is 1. The topological polar surface area (TPSA) is 0 Å². The van der Waals surface area contributed by atoms with Gasteiger partial charge in [0.15, 0.2) is 0 Å². The van der Waals surface area contributed by atoms with Crippen LogP contribution in [-0.4, -0.2) is 25.6 Å². The highest BCUT2D eigenvalue weighted by atomic mass is 127. The molecule has 1 atom stereocenters. The Labute approximate surface area is 140 Å². The van der Waals surface area contributed by atoms with E-state index in [-0.39, 0.29) is 29.5 Å². The Morgan fingerprint density at radius 2 is 1.25 bits per heavy atom. The summed E-state index contributed by atoms with van der Waals surface area (Å²) in [4.78, 5) is 0. The number of hydrogen-bond acceptors (Lipinski definition) is 0. The van der Waals surface area contributed by atoms with Crippen LogP contribution in [-0.2, 0) is 12.0 Å². The second-order valence-corrected chi connectivity index (χ2v) is 6.31. The van der Waals surface area contributed by atoms with E-state index >= 15 is 0 Å². The second-order valence-electron chi connectivity index (χ2n) is 6.31. The van der Waals surface area contributed by atoms with E-state index in [9.17, 15) is 0 Å². The number of benzene rings is 2. The number of hydrogen-bond donors (Lipinski definition) is 0. The smallest absolute Gasteiger partial charge is 0.125 e. The van der Waals surface area contributed by atoms with Crippen molar-refractivity contribution in [2.75, 3.05) is 21.1 Å². The van der Waals surface area contributed by atoms with Gasteiger partial charge in [0.25, 0.3) is 0 Å². The molecule has 108 valence electrons. The Kier molecular flexibility index (Phi) is 5.78. The van der Waals surface area contributed by atoms with Crippen LogP contribution in [0.25, 0.3) is 0 Å². The molecule has 0 bridgehead atoms. The summed E-state index contributed by atoms with van der Waals surface area (Å²) >= 11 is 0. The van der Waals surface area contributed by atoms with Crippen LogP contribution >= 0.6 is 0 Å². The molecule has 0 spiro atoms. The second kappa shape index (κ2) is 6.72. The molecule has 0 aliphatic carbocycles. The van der Waals surface area contributed by atoms with E-state index in [4.69, 9.17) is 0 Å². The van der Waals surface area contributed by atoms with Crippen LogP contribution in [0, 0.1) is 0 Å². The summed E-state index contributed by atoms with van der Waals surface area (Å²) in [6.07, 6.45) is 1.04. The van der Waals surface area contributed by atoms with Crippen LogP contribution in [0.15, 0.2) is 60.7 Å². The van der Waals surface area contributed by atoms with Crippen molar-refractivity contribution < 1.29 is 28.5 Å². The van der Waals surface area contributed by atoms with Crippen molar-refractivity contribution in [1.82, 2.24) is 0 Å². The molecule has 0 aromatic heterocycles. The predicted molar refractivity (Wildman–Crippen MR) is 82.0 cm³/mol. The van der Waals surface area contributed by atoms with E-state index in [0.29, 0.717) is 0 Å². The Morgan fingerprint density at radius 1 is 0.800 bits per heavy atom. The van der Waals surface area contributed by atoms with Gasteiger partial charge < -0.3 is 28.5 Å². The number of rotatable bonds is 4. The van der Waals surface area contributed by atoms with Gasteiger partial charge in [0, 0.05) is 12.0 Å². The lowest BCUT2D eigenvalue weighted by atomic mass is 9.83. The van der Waals surface area contributed by atoms with Crippen molar-refractivity contribution >= 4 is 0 Å². The molecular formula is C18H24IN. The molecule has 0 saturated heterocycles. The van der Waals surface area contributed by atoms with Crippen LogP contribution in [0.4, 0.5) is 0 Å². The zero-order chi connectivity index (χ0) is 13.9. The van der Waals surface area contributed by atoms with Gasteiger partial charge in [-0.1, -0.05) is 60.7 Å². The normalized spacial score (nSPS) is 14.2. The maximum absolute atomic E-state index is 2.36. The summed E-state index contributed by atoms with van der Waals surface area (Å²) < 4.78 is 0.909. The summed E-state index contributed by atoms with van der Waals surface area (Å²) in [7, 11) is 6.82. The fourth-order valence-electron chi connectivity index (χ4n) is 2.52. The van der Waals surface area contributed by atoms with Gasteiger partial charge in [0.05, 0.1) is 21.1 Å². The fraction of sp³-hybridized carbons (Fsp3) is 0.333. The molecule has 2 aromatic carbocycles. The summed E-state index contributed by atoms with van der Waals surface area (Å²) in [6.45, 7) is 2.36. The van der Waals surface area contributed by atoms with Crippen molar-refractivity contribution in [3.05, 3.63) is 71.8 Å². The van der Waals surface area contributed by atoms with Gasteiger partial charge in [-0.15, -0.1) is 0 Å². The molecule has 0 radical (unpaired) electrons. The van der Waals surface area contributed by atoms with Crippen LogP contribution in [0.1, 0.15) is 18.1 Å². The maximum atomic E-state index is 2.36. The largest absolute Gasteiger partial charge is 1.00 e. The first-order valence-corrected chi connectivity index (χ1v) is 6.84. The highest BCUT2D eigenvalue weighted by Gasteiger charge is 2.39. The van der Waals surface area contributed by atoms with Gasteiger partial charge in [-0.25, -0.2) is 0 Å². The van der Waals surface area contributed by atoms with E-state index in [1.54, 1.807) is 0 Å². The molecule has 0 aliphatic rings. The first kappa shape index (κ1) is 17.2. The zero-order valence-electron chi connectivity index (χ0n) is 12.8. The van der Waals surface area contributed by atoms with Crippen molar-refractivity contribution in [3.8, 4) is 0 Å². The van der Waals surface area contributed by atoms with Gasteiger partial charge in [0.1, 0.15) is 5.54 Å². The van der Waals surface area contributed by atoms with Gasteiger partial charge in [0.2, 0.25) is 0 Å². The Bertz CT molecular complexity index is 516. The summed E-state index contributed by atoms with van der Waals surface area (Å²) in [5.74, 6) is 0. The van der Waals surface area contributed by atoms with Gasteiger partial charge in [-0.3, -0.25) is 0 Å². The molecule has 20 heavy (non-hydrogen) atoms.